The molecule has 0 aliphatic heterocycles. The van der Waals surface area contributed by atoms with Crippen LogP contribution in [0.4, 0.5) is 0 Å². The highest BCUT2D eigenvalue weighted by atomic mass is 35.5. The molecule has 4 rings (SSSR count). The van der Waals surface area contributed by atoms with Gasteiger partial charge in [0.05, 0.1) is 29.0 Å². The standard InChI is InChI=1S/C20H15Cl3N6S/c1-12-16(18(23)28(27-12)11-13-6-8-14(21)9-7-13)10-24-29-19(25-26-20(29)30)15-4-2-3-5-17(15)22/h2-10H,11H2,1H3,(H,26,30). The molecule has 0 amide bonds. The van der Waals surface area contributed by atoms with Crippen molar-refractivity contribution in [2.24, 2.45) is 5.10 Å². The first kappa shape index (κ1) is 20.8. The molecule has 0 unspecified atom stereocenters. The predicted molar refractivity (Wildman–Crippen MR) is 123 cm³/mol. The van der Waals surface area contributed by atoms with Crippen molar-refractivity contribution in [2.45, 2.75) is 13.5 Å². The fourth-order valence-corrected chi connectivity index (χ4v) is 3.72. The third-order valence-electron chi connectivity index (χ3n) is 4.42. The Bertz CT molecular complexity index is 1290. The molecule has 0 aliphatic rings. The lowest BCUT2D eigenvalue weighted by Gasteiger charge is -2.04. The minimum atomic E-state index is 0.337. The molecule has 0 saturated carbocycles. The molecule has 0 saturated heterocycles. The Balaban J connectivity index is 1.67. The summed E-state index contributed by atoms with van der Waals surface area (Å²) in [5.41, 5.74) is 3.18. The number of aryl methyl sites for hydroxylation is 1. The van der Waals surface area contributed by atoms with Crippen LogP contribution in [0.5, 0.6) is 0 Å². The SMILES string of the molecule is Cc1nn(Cc2ccc(Cl)cc2)c(Cl)c1C=Nn1c(-c2ccccc2Cl)n[nH]c1=S. The van der Waals surface area contributed by atoms with Gasteiger partial charge in [-0.25, -0.2) is 9.78 Å². The summed E-state index contributed by atoms with van der Waals surface area (Å²) in [6, 6.07) is 14.9. The number of aromatic nitrogens is 5. The molecule has 0 fully saturated rings. The van der Waals surface area contributed by atoms with Crippen LogP contribution in [0.25, 0.3) is 11.4 Å². The first-order chi connectivity index (χ1) is 14.4. The van der Waals surface area contributed by atoms with E-state index in [1.165, 1.54) is 4.68 Å². The summed E-state index contributed by atoms with van der Waals surface area (Å²) >= 11 is 24.2. The molecule has 0 radical (unpaired) electrons. The number of benzene rings is 2. The summed E-state index contributed by atoms with van der Waals surface area (Å²) in [7, 11) is 0. The second kappa shape index (κ2) is 8.73. The van der Waals surface area contributed by atoms with Crippen molar-refractivity contribution in [1.29, 1.82) is 0 Å². The zero-order valence-electron chi connectivity index (χ0n) is 15.7. The van der Waals surface area contributed by atoms with Gasteiger partial charge in [0.2, 0.25) is 4.77 Å². The largest absolute Gasteiger partial charge is 0.250 e. The van der Waals surface area contributed by atoms with E-state index < -0.39 is 0 Å². The number of halogens is 3. The molecule has 0 bridgehead atoms. The van der Waals surface area contributed by atoms with Gasteiger partial charge in [0.1, 0.15) is 5.15 Å². The van der Waals surface area contributed by atoms with Crippen LogP contribution in [0.15, 0.2) is 53.6 Å². The third kappa shape index (κ3) is 4.20. The summed E-state index contributed by atoms with van der Waals surface area (Å²) in [6.45, 7) is 2.38. The highest BCUT2D eigenvalue weighted by molar-refractivity contribution is 7.71. The van der Waals surface area contributed by atoms with Crippen molar-refractivity contribution >= 4 is 53.2 Å². The number of hydrogen-bond acceptors (Lipinski definition) is 4. The maximum Gasteiger partial charge on any atom is 0.216 e. The summed E-state index contributed by atoms with van der Waals surface area (Å²) in [6.07, 6.45) is 1.62. The normalized spacial score (nSPS) is 11.5. The van der Waals surface area contributed by atoms with Gasteiger partial charge < -0.3 is 0 Å². The lowest BCUT2D eigenvalue weighted by molar-refractivity contribution is 0.680. The topological polar surface area (TPSA) is 63.8 Å². The number of aromatic amines is 1. The van der Waals surface area contributed by atoms with E-state index in [1.54, 1.807) is 17.0 Å². The highest BCUT2D eigenvalue weighted by Crippen LogP contribution is 2.26. The first-order valence-corrected chi connectivity index (χ1v) is 10.4. The molecule has 0 aliphatic carbocycles. The third-order valence-corrected chi connectivity index (χ3v) is 5.67. The molecule has 4 aromatic rings. The second-order valence-corrected chi connectivity index (χ2v) is 8.05. The van der Waals surface area contributed by atoms with Crippen molar-refractivity contribution in [3.63, 3.8) is 0 Å². The van der Waals surface area contributed by atoms with E-state index in [9.17, 15) is 0 Å². The smallest absolute Gasteiger partial charge is 0.216 e. The van der Waals surface area contributed by atoms with Gasteiger partial charge in [-0.15, -0.1) is 0 Å². The lowest BCUT2D eigenvalue weighted by atomic mass is 10.2. The zero-order valence-corrected chi connectivity index (χ0v) is 18.8. The second-order valence-electron chi connectivity index (χ2n) is 6.46. The molecular weight excluding hydrogens is 463 g/mol. The average molecular weight is 478 g/mol. The van der Waals surface area contributed by atoms with E-state index >= 15 is 0 Å². The van der Waals surface area contributed by atoms with Crippen molar-refractivity contribution in [1.82, 2.24) is 24.7 Å². The maximum absolute atomic E-state index is 6.58. The van der Waals surface area contributed by atoms with Gasteiger partial charge in [-0.05, 0) is 49.0 Å². The average Bonchev–Trinajstić information content (AvgIpc) is 3.21. The fourth-order valence-electron chi connectivity index (χ4n) is 2.91. The van der Waals surface area contributed by atoms with E-state index in [2.05, 4.69) is 20.4 Å². The Labute approximate surface area is 192 Å². The summed E-state index contributed by atoms with van der Waals surface area (Å²) < 4.78 is 3.55. The van der Waals surface area contributed by atoms with Crippen molar-refractivity contribution in [2.75, 3.05) is 0 Å². The van der Waals surface area contributed by atoms with Crippen LogP contribution in [0.2, 0.25) is 15.2 Å². The quantitative estimate of drug-likeness (QED) is 0.283. The molecule has 152 valence electrons. The highest BCUT2D eigenvalue weighted by Gasteiger charge is 2.14. The van der Waals surface area contributed by atoms with Crippen LogP contribution in [0.1, 0.15) is 16.8 Å². The Hall–Kier alpha value is -2.45. The first-order valence-electron chi connectivity index (χ1n) is 8.88. The molecule has 2 aromatic carbocycles. The van der Waals surface area contributed by atoms with Crippen LogP contribution in [-0.4, -0.2) is 30.9 Å². The van der Waals surface area contributed by atoms with Crippen LogP contribution in [0, 0.1) is 11.7 Å². The predicted octanol–water partition coefficient (Wildman–Crippen LogP) is 6.00. The van der Waals surface area contributed by atoms with E-state index in [1.807, 2.05) is 49.4 Å². The number of nitrogens with zero attached hydrogens (tertiary/aromatic N) is 5. The lowest BCUT2D eigenvalue weighted by Crippen LogP contribution is -2.02. The van der Waals surface area contributed by atoms with Gasteiger partial charge in [0.15, 0.2) is 5.82 Å². The minimum absolute atomic E-state index is 0.337. The Morgan fingerprint density at radius 2 is 1.83 bits per heavy atom. The molecule has 2 heterocycles. The maximum atomic E-state index is 6.58. The Morgan fingerprint density at radius 1 is 1.10 bits per heavy atom. The number of H-pyrrole nitrogens is 1. The van der Waals surface area contributed by atoms with Gasteiger partial charge in [0.25, 0.3) is 0 Å². The molecule has 10 heteroatoms. The minimum Gasteiger partial charge on any atom is -0.250 e. The van der Waals surface area contributed by atoms with Gasteiger partial charge in [-0.1, -0.05) is 59.1 Å². The van der Waals surface area contributed by atoms with Crippen LogP contribution in [-0.2, 0) is 6.54 Å². The Morgan fingerprint density at radius 3 is 2.57 bits per heavy atom. The van der Waals surface area contributed by atoms with E-state index in [-0.39, 0.29) is 0 Å². The molecule has 30 heavy (non-hydrogen) atoms. The number of rotatable bonds is 5. The van der Waals surface area contributed by atoms with Gasteiger partial charge in [-0.3, -0.25) is 0 Å². The van der Waals surface area contributed by atoms with Gasteiger partial charge in [0, 0.05) is 10.6 Å². The summed E-state index contributed by atoms with van der Waals surface area (Å²) in [4.78, 5) is 0. The van der Waals surface area contributed by atoms with E-state index in [0.717, 1.165) is 11.3 Å². The zero-order chi connectivity index (χ0) is 21.3. The van der Waals surface area contributed by atoms with Crippen LogP contribution in [0.3, 0.4) is 0 Å². The monoisotopic (exact) mass is 476 g/mol. The molecule has 1 N–H and O–H groups in total. The van der Waals surface area contributed by atoms with Crippen molar-refractivity contribution < 1.29 is 0 Å². The van der Waals surface area contributed by atoms with Crippen molar-refractivity contribution in [3.05, 3.63) is 85.3 Å². The molecule has 0 spiro atoms. The van der Waals surface area contributed by atoms with Gasteiger partial charge in [-0.2, -0.15) is 20.0 Å². The van der Waals surface area contributed by atoms with E-state index in [0.29, 0.717) is 43.5 Å². The molecule has 6 nitrogen and oxygen atoms in total. The molecular formula is C20H15Cl3N6S. The summed E-state index contributed by atoms with van der Waals surface area (Å²) in [5, 5.41) is 17.7. The fraction of sp³-hybridized carbons (Fsp3) is 0.100. The van der Waals surface area contributed by atoms with Crippen LogP contribution < -0.4 is 0 Å². The van der Waals surface area contributed by atoms with Crippen LogP contribution >= 0.6 is 47.0 Å². The molecule has 0 atom stereocenters. The molecule has 2 aromatic heterocycles. The Kier molecular flexibility index (Phi) is 6.06. The van der Waals surface area contributed by atoms with Gasteiger partial charge >= 0.3 is 0 Å². The summed E-state index contributed by atoms with van der Waals surface area (Å²) in [5.74, 6) is 0.504. The number of nitrogens with one attached hydrogen (secondary N) is 1. The van der Waals surface area contributed by atoms with Crippen molar-refractivity contribution in [3.8, 4) is 11.4 Å². The van der Waals surface area contributed by atoms with E-state index in [4.69, 9.17) is 47.0 Å². The number of hydrogen-bond donors (Lipinski definition) is 1.